The van der Waals surface area contributed by atoms with Crippen molar-refractivity contribution in [2.75, 3.05) is 0 Å². The number of pyridine rings is 2. The monoisotopic (exact) mass is 317 g/mol. The summed E-state index contributed by atoms with van der Waals surface area (Å²) >= 11 is 1.64. The van der Waals surface area contributed by atoms with Crippen LogP contribution in [0.15, 0.2) is 48.2 Å². The Labute approximate surface area is 136 Å². The molecule has 6 heteroatoms. The number of aryl methyl sites for hydroxylation is 1. The van der Waals surface area contributed by atoms with Crippen molar-refractivity contribution in [2.45, 2.75) is 0 Å². The highest BCUT2D eigenvalue weighted by Gasteiger charge is 2.11. The average Bonchev–Trinajstić information content (AvgIpc) is 3.20. The molecule has 4 rings (SSSR count). The lowest BCUT2D eigenvalue weighted by Gasteiger charge is -2.01. The van der Waals surface area contributed by atoms with Gasteiger partial charge in [0.2, 0.25) is 0 Å². The quantitative estimate of drug-likeness (QED) is 0.566. The lowest BCUT2D eigenvalue weighted by Crippen LogP contribution is -1.86. The van der Waals surface area contributed by atoms with Crippen molar-refractivity contribution >= 4 is 21.6 Å². The first-order valence-corrected chi connectivity index (χ1v) is 7.86. The zero-order chi connectivity index (χ0) is 15.8. The van der Waals surface area contributed by atoms with E-state index >= 15 is 0 Å². The summed E-state index contributed by atoms with van der Waals surface area (Å²) in [5.74, 6) is 0. The van der Waals surface area contributed by atoms with Crippen LogP contribution in [-0.2, 0) is 7.05 Å². The smallest absolute Gasteiger partial charge is 0.141 e. The SMILES string of the molecule is Cn1cc(-c2ccc3scc(-c4ccnc(C#N)c4)c3n2)cn1. The van der Waals surface area contributed by atoms with Crippen LogP contribution in [0.25, 0.3) is 32.6 Å². The maximum Gasteiger partial charge on any atom is 0.141 e. The van der Waals surface area contributed by atoms with Crippen LogP contribution in [0.2, 0.25) is 0 Å². The molecule has 0 saturated carbocycles. The fourth-order valence-corrected chi connectivity index (χ4v) is 3.40. The second-order valence-corrected chi connectivity index (χ2v) is 6.05. The van der Waals surface area contributed by atoms with Crippen LogP contribution < -0.4 is 0 Å². The Hall–Kier alpha value is -3.04. The van der Waals surface area contributed by atoms with Crippen LogP contribution >= 0.6 is 11.3 Å². The van der Waals surface area contributed by atoms with Gasteiger partial charge in [0.15, 0.2) is 0 Å². The zero-order valence-electron chi connectivity index (χ0n) is 12.3. The molecule has 0 radical (unpaired) electrons. The minimum absolute atomic E-state index is 0.408. The summed E-state index contributed by atoms with van der Waals surface area (Å²) in [6.07, 6.45) is 5.41. The second-order valence-electron chi connectivity index (χ2n) is 5.14. The molecule has 0 spiro atoms. The van der Waals surface area contributed by atoms with E-state index in [1.54, 1.807) is 34.5 Å². The van der Waals surface area contributed by atoms with Crippen molar-refractivity contribution in [3.8, 4) is 28.5 Å². The van der Waals surface area contributed by atoms with Crippen LogP contribution in [0.5, 0.6) is 0 Å². The number of aromatic nitrogens is 4. The van der Waals surface area contributed by atoms with E-state index in [-0.39, 0.29) is 0 Å². The Bertz CT molecular complexity index is 1050. The molecule has 0 N–H and O–H groups in total. The molecule has 23 heavy (non-hydrogen) atoms. The normalized spacial score (nSPS) is 10.8. The van der Waals surface area contributed by atoms with Gasteiger partial charge < -0.3 is 0 Å². The van der Waals surface area contributed by atoms with Gasteiger partial charge in [-0.3, -0.25) is 4.68 Å². The Balaban J connectivity index is 1.89. The molecule has 4 aromatic heterocycles. The number of nitriles is 1. The van der Waals surface area contributed by atoms with Crippen molar-refractivity contribution in [1.82, 2.24) is 19.7 Å². The highest BCUT2D eigenvalue weighted by molar-refractivity contribution is 7.17. The topological polar surface area (TPSA) is 67.4 Å². The van der Waals surface area contributed by atoms with E-state index in [0.717, 1.165) is 32.6 Å². The van der Waals surface area contributed by atoms with Gasteiger partial charge in [0.1, 0.15) is 11.8 Å². The lowest BCUT2D eigenvalue weighted by molar-refractivity contribution is 0.768. The molecule has 0 bridgehead atoms. The largest absolute Gasteiger partial charge is 0.275 e. The number of hydrogen-bond acceptors (Lipinski definition) is 5. The van der Waals surface area contributed by atoms with Crippen molar-refractivity contribution in [3.05, 3.63) is 53.9 Å². The van der Waals surface area contributed by atoms with Crippen LogP contribution in [-0.4, -0.2) is 19.7 Å². The van der Waals surface area contributed by atoms with E-state index in [4.69, 9.17) is 10.2 Å². The summed E-state index contributed by atoms with van der Waals surface area (Å²) in [6.45, 7) is 0. The molecule has 110 valence electrons. The lowest BCUT2D eigenvalue weighted by atomic mass is 10.1. The van der Waals surface area contributed by atoms with E-state index in [0.29, 0.717) is 5.69 Å². The van der Waals surface area contributed by atoms with E-state index in [9.17, 15) is 0 Å². The number of thiophene rings is 1. The van der Waals surface area contributed by atoms with Gasteiger partial charge in [0, 0.05) is 35.9 Å². The van der Waals surface area contributed by atoms with Crippen LogP contribution in [0.3, 0.4) is 0 Å². The average molecular weight is 317 g/mol. The van der Waals surface area contributed by atoms with E-state index in [1.807, 2.05) is 25.4 Å². The summed E-state index contributed by atoms with van der Waals surface area (Å²) < 4.78 is 2.88. The number of hydrogen-bond donors (Lipinski definition) is 0. The first kappa shape index (κ1) is 13.6. The maximum atomic E-state index is 9.03. The van der Waals surface area contributed by atoms with Crippen LogP contribution in [0.1, 0.15) is 5.69 Å². The number of nitrogens with zero attached hydrogens (tertiary/aromatic N) is 5. The van der Waals surface area contributed by atoms with Gasteiger partial charge in [-0.05, 0) is 29.8 Å². The van der Waals surface area contributed by atoms with Gasteiger partial charge in [-0.25, -0.2) is 9.97 Å². The zero-order valence-corrected chi connectivity index (χ0v) is 13.1. The molecule has 0 aliphatic heterocycles. The minimum Gasteiger partial charge on any atom is -0.275 e. The molecule has 0 aliphatic carbocycles. The Morgan fingerprint density at radius 2 is 2.13 bits per heavy atom. The van der Waals surface area contributed by atoms with Crippen LogP contribution in [0.4, 0.5) is 0 Å². The van der Waals surface area contributed by atoms with Crippen molar-refractivity contribution in [1.29, 1.82) is 5.26 Å². The Morgan fingerprint density at radius 3 is 2.91 bits per heavy atom. The molecule has 4 aromatic rings. The van der Waals surface area contributed by atoms with E-state index in [2.05, 4.69) is 27.6 Å². The highest BCUT2D eigenvalue weighted by Crippen LogP contribution is 2.34. The summed E-state index contributed by atoms with van der Waals surface area (Å²) in [6, 6.07) is 9.85. The number of rotatable bonds is 2. The molecule has 0 atom stereocenters. The van der Waals surface area contributed by atoms with E-state index < -0.39 is 0 Å². The van der Waals surface area contributed by atoms with Crippen molar-refractivity contribution in [2.24, 2.45) is 7.05 Å². The summed E-state index contributed by atoms with van der Waals surface area (Å²) in [4.78, 5) is 8.83. The molecule has 0 saturated heterocycles. The minimum atomic E-state index is 0.408. The molecular formula is C17H11N5S. The predicted octanol–water partition coefficient (Wildman–Crippen LogP) is 3.63. The van der Waals surface area contributed by atoms with E-state index in [1.165, 1.54) is 0 Å². The molecule has 0 amide bonds. The fourth-order valence-electron chi connectivity index (χ4n) is 2.49. The molecule has 0 fully saturated rings. The van der Waals surface area contributed by atoms with Crippen molar-refractivity contribution < 1.29 is 0 Å². The summed E-state index contributed by atoms with van der Waals surface area (Å²) in [5, 5.41) is 15.3. The molecule has 0 aromatic carbocycles. The van der Waals surface area contributed by atoms with Crippen LogP contribution in [0, 0.1) is 11.3 Å². The van der Waals surface area contributed by atoms with Gasteiger partial charge >= 0.3 is 0 Å². The predicted molar refractivity (Wildman–Crippen MR) is 89.8 cm³/mol. The Kier molecular flexibility index (Phi) is 3.14. The summed E-state index contributed by atoms with van der Waals surface area (Å²) in [5.41, 5.74) is 5.20. The van der Waals surface area contributed by atoms with Gasteiger partial charge in [0.05, 0.1) is 22.1 Å². The second kappa shape index (κ2) is 5.30. The van der Waals surface area contributed by atoms with Crippen molar-refractivity contribution in [3.63, 3.8) is 0 Å². The third kappa shape index (κ3) is 2.37. The van der Waals surface area contributed by atoms with Gasteiger partial charge in [-0.1, -0.05) is 0 Å². The van der Waals surface area contributed by atoms with Gasteiger partial charge in [-0.2, -0.15) is 10.4 Å². The molecule has 5 nitrogen and oxygen atoms in total. The maximum absolute atomic E-state index is 9.03. The third-order valence-corrected chi connectivity index (χ3v) is 4.54. The summed E-state index contributed by atoms with van der Waals surface area (Å²) in [7, 11) is 1.89. The van der Waals surface area contributed by atoms with Gasteiger partial charge in [0.25, 0.3) is 0 Å². The fraction of sp³-hybridized carbons (Fsp3) is 0.0588. The van der Waals surface area contributed by atoms with Gasteiger partial charge in [-0.15, -0.1) is 11.3 Å². The standard InChI is InChI=1S/C17H11N5S/c1-22-9-12(8-20-22)15-2-3-16-17(21-15)14(10-23-16)11-4-5-19-13(6-11)7-18/h2-6,8-10H,1H3. The number of fused-ring (bicyclic) bond motifs is 1. The molecule has 0 aliphatic rings. The first-order chi connectivity index (χ1) is 11.2. The molecule has 0 unspecified atom stereocenters. The highest BCUT2D eigenvalue weighted by atomic mass is 32.1. The third-order valence-electron chi connectivity index (χ3n) is 3.60. The molecular weight excluding hydrogens is 306 g/mol. The Morgan fingerprint density at radius 1 is 1.22 bits per heavy atom. The first-order valence-electron chi connectivity index (χ1n) is 6.98. The molecule has 4 heterocycles.